The summed E-state index contributed by atoms with van der Waals surface area (Å²) >= 11 is 0. The molecule has 0 bridgehead atoms. The Kier molecular flexibility index (Phi) is 3.34. The van der Waals surface area contributed by atoms with Crippen molar-refractivity contribution in [1.29, 1.82) is 0 Å². The van der Waals surface area contributed by atoms with Crippen molar-refractivity contribution in [2.75, 3.05) is 13.2 Å². The number of nitrogens with two attached hydrogens (primary N) is 1. The summed E-state index contributed by atoms with van der Waals surface area (Å²) in [5.41, 5.74) is 7.30. The Bertz CT molecular complexity index is 365. The van der Waals surface area contributed by atoms with Gasteiger partial charge in [0.25, 0.3) is 0 Å². The summed E-state index contributed by atoms with van der Waals surface area (Å²) in [5.74, 6) is 2.10. The molecule has 0 radical (unpaired) electrons. The van der Waals surface area contributed by atoms with Crippen LogP contribution in [0.25, 0.3) is 0 Å². The van der Waals surface area contributed by atoms with Gasteiger partial charge in [-0.3, -0.25) is 0 Å². The Hall–Kier alpha value is -1.22. The van der Waals surface area contributed by atoms with Crippen LogP contribution in [0.15, 0.2) is 18.2 Å². The molecule has 2 atom stereocenters. The molecular weight excluding hydrogens is 202 g/mol. The first-order chi connectivity index (χ1) is 7.74. The van der Waals surface area contributed by atoms with Crippen LogP contribution in [-0.2, 0) is 0 Å². The maximum Gasteiger partial charge on any atom is 0.166 e. The second-order valence-corrected chi connectivity index (χ2v) is 4.28. The number of ether oxygens (including phenoxy) is 2. The predicted molar refractivity (Wildman–Crippen MR) is 63.8 cm³/mol. The van der Waals surface area contributed by atoms with Crippen LogP contribution in [0.5, 0.6) is 11.5 Å². The minimum atomic E-state index is 0.0154. The average Bonchev–Trinajstić information content (AvgIpc) is 2.36. The van der Waals surface area contributed by atoms with Gasteiger partial charge in [0, 0.05) is 11.6 Å². The van der Waals surface area contributed by atoms with Crippen LogP contribution in [0.2, 0.25) is 0 Å². The minimum Gasteiger partial charge on any atom is -0.486 e. The first kappa shape index (κ1) is 11.3. The molecule has 1 aromatic carbocycles. The molecule has 88 valence electrons. The van der Waals surface area contributed by atoms with E-state index in [0.717, 1.165) is 23.5 Å². The molecule has 1 aliphatic heterocycles. The lowest BCUT2D eigenvalue weighted by Crippen LogP contribution is -2.22. The summed E-state index contributed by atoms with van der Waals surface area (Å²) in [7, 11) is 0. The van der Waals surface area contributed by atoms with Gasteiger partial charge in [-0.2, -0.15) is 0 Å². The highest BCUT2D eigenvalue weighted by molar-refractivity contribution is 5.48. The molecular formula is C13H19NO2. The maximum atomic E-state index is 6.24. The Labute approximate surface area is 96.5 Å². The summed E-state index contributed by atoms with van der Waals surface area (Å²) in [6.07, 6.45) is 1.06. The molecule has 1 unspecified atom stereocenters. The molecule has 2 rings (SSSR count). The van der Waals surface area contributed by atoms with E-state index in [1.165, 1.54) is 0 Å². The fourth-order valence-corrected chi connectivity index (χ4v) is 1.92. The molecule has 0 fully saturated rings. The van der Waals surface area contributed by atoms with E-state index in [9.17, 15) is 0 Å². The van der Waals surface area contributed by atoms with Crippen molar-refractivity contribution in [1.82, 2.24) is 0 Å². The van der Waals surface area contributed by atoms with Gasteiger partial charge >= 0.3 is 0 Å². The molecule has 0 saturated heterocycles. The molecule has 0 aromatic heterocycles. The van der Waals surface area contributed by atoms with Crippen LogP contribution in [0.3, 0.4) is 0 Å². The third-order valence-electron chi connectivity index (χ3n) is 3.21. The molecule has 3 nitrogen and oxygen atoms in total. The van der Waals surface area contributed by atoms with E-state index in [0.29, 0.717) is 19.1 Å². The van der Waals surface area contributed by atoms with E-state index in [-0.39, 0.29) is 6.04 Å². The number of benzene rings is 1. The number of fused-ring (bicyclic) bond motifs is 1. The number of hydrogen-bond donors (Lipinski definition) is 1. The van der Waals surface area contributed by atoms with E-state index in [1.54, 1.807) is 0 Å². The van der Waals surface area contributed by atoms with Gasteiger partial charge in [0.1, 0.15) is 13.2 Å². The fraction of sp³-hybridized carbons (Fsp3) is 0.538. The van der Waals surface area contributed by atoms with Gasteiger partial charge in [-0.15, -0.1) is 0 Å². The zero-order chi connectivity index (χ0) is 11.5. The van der Waals surface area contributed by atoms with Gasteiger partial charge in [0.05, 0.1) is 0 Å². The quantitative estimate of drug-likeness (QED) is 0.853. The lowest BCUT2D eigenvalue weighted by Gasteiger charge is -2.25. The highest BCUT2D eigenvalue weighted by Crippen LogP contribution is 2.38. The van der Waals surface area contributed by atoms with Gasteiger partial charge < -0.3 is 15.2 Å². The molecule has 1 aliphatic rings. The third kappa shape index (κ3) is 2.00. The zero-order valence-electron chi connectivity index (χ0n) is 9.90. The Morgan fingerprint density at radius 2 is 2.06 bits per heavy atom. The summed E-state index contributed by atoms with van der Waals surface area (Å²) in [6.45, 7) is 5.54. The van der Waals surface area contributed by atoms with Crippen molar-refractivity contribution in [2.45, 2.75) is 26.3 Å². The second-order valence-electron chi connectivity index (χ2n) is 4.28. The van der Waals surface area contributed by atoms with Crippen molar-refractivity contribution in [3.8, 4) is 11.5 Å². The maximum absolute atomic E-state index is 6.24. The highest BCUT2D eigenvalue weighted by Gasteiger charge is 2.22. The Morgan fingerprint density at radius 1 is 1.31 bits per heavy atom. The smallest absolute Gasteiger partial charge is 0.166 e. The second kappa shape index (κ2) is 4.74. The standard InChI is InChI=1S/C13H19NO2/c1-3-9(2)12(14)10-5-4-6-11-13(10)16-8-7-15-11/h4-6,9,12H,3,7-8,14H2,1-2H3/t9?,12-/m1/s1. The minimum absolute atomic E-state index is 0.0154. The average molecular weight is 221 g/mol. The van der Waals surface area contributed by atoms with E-state index in [2.05, 4.69) is 13.8 Å². The lowest BCUT2D eigenvalue weighted by atomic mass is 9.92. The third-order valence-corrected chi connectivity index (χ3v) is 3.21. The molecule has 0 saturated carbocycles. The molecule has 3 heteroatoms. The van der Waals surface area contributed by atoms with Crippen LogP contribution in [-0.4, -0.2) is 13.2 Å². The van der Waals surface area contributed by atoms with E-state index in [4.69, 9.17) is 15.2 Å². The van der Waals surface area contributed by atoms with Crippen molar-refractivity contribution < 1.29 is 9.47 Å². The molecule has 16 heavy (non-hydrogen) atoms. The first-order valence-electron chi connectivity index (χ1n) is 5.88. The number of rotatable bonds is 3. The monoisotopic (exact) mass is 221 g/mol. The van der Waals surface area contributed by atoms with Crippen molar-refractivity contribution in [2.24, 2.45) is 11.7 Å². The van der Waals surface area contributed by atoms with E-state index in [1.807, 2.05) is 18.2 Å². The SMILES string of the molecule is CCC(C)[C@@H](N)c1cccc2c1OCCO2. The van der Waals surface area contributed by atoms with Gasteiger partial charge in [0.15, 0.2) is 11.5 Å². The highest BCUT2D eigenvalue weighted by atomic mass is 16.6. The largest absolute Gasteiger partial charge is 0.486 e. The molecule has 1 heterocycles. The van der Waals surface area contributed by atoms with Crippen LogP contribution < -0.4 is 15.2 Å². The van der Waals surface area contributed by atoms with Gasteiger partial charge in [-0.1, -0.05) is 32.4 Å². The molecule has 0 spiro atoms. The topological polar surface area (TPSA) is 44.5 Å². The normalized spacial score (nSPS) is 17.9. The predicted octanol–water partition coefficient (Wildman–Crippen LogP) is 2.50. The number of para-hydroxylation sites is 1. The summed E-state index contributed by atoms with van der Waals surface area (Å²) in [4.78, 5) is 0. The molecule has 0 amide bonds. The van der Waals surface area contributed by atoms with Gasteiger partial charge in [-0.05, 0) is 12.0 Å². The van der Waals surface area contributed by atoms with Gasteiger partial charge in [0.2, 0.25) is 0 Å². The van der Waals surface area contributed by atoms with E-state index >= 15 is 0 Å². The summed E-state index contributed by atoms with van der Waals surface area (Å²) < 4.78 is 11.2. The zero-order valence-corrected chi connectivity index (χ0v) is 9.90. The van der Waals surface area contributed by atoms with Crippen molar-refractivity contribution >= 4 is 0 Å². The Balaban J connectivity index is 2.33. The van der Waals surface area contributed by atoms with Crippen LogP contribution in [0.1, 0.15) is 31.9 Å². The van der Waals surface area contributed by atoms with Crippen LogP contribution in [0.4, 0.5) is 0 Å². The summed E-state index contributed by atoms with van der Waals surface area (Å²) in [6, 6.07) is 5.96. The lowest BCUT2D eigenvalue weighted by molar-refractivity contribution is 0.168. The van der Waals surface area contributed by atoms with Crippen molar-refractivity contribution in [3.05, 3.63) is 23.8 Å². The van der Waals surface area contributed by atoms with E-state index < -0.39 is 0 Å². The van der Waals surface area contributed by atoms with Crippen molar-refractivity contribution in [3.63, 3.8) is 0 Å². The summed E-state index contributed by atoms with van der Waals surface area (Å²) in [5, 5.41) is 0. The number of hydrogen-bond acceptors (Lipinski definition) is 3. The fourth-order valence-electron chi connectivity index (χ4n) is 1.92. The Morgan fingerprint density at radius 3 is 2.81 bits per heavy atom. The molecule has 2 N–H and O–H groups in total. The molecule has 1 aromatic rings. The van der Waals surface area contributed by atoms with Crippen LogP contribution in [0, 0.1) is 5.92 Å². The van der Waals surface area contributed by atoms with Crippen LogP contribution >= 0.6 is 0 Å². The van der Waals surface area contributed by atoms with Gasteiger partial charge in [-0.25, -0.2) is 0 Å². The first-order valence-corrected chi connectivity index (χ1v) is 5.88. The molecule has 0 aliphatic carbocycles.